The number of ether oxygens (including phenoxy) is 1. The topological polar surface area (TPSA) is 52.4 Å². The Morgan fingerprint density at radius 2 is 1.50 bits per heavy atom. The van der Waals surface area contributed by atoms with Crippen molar-refractivity contribution in [3.8, 4) is 0 Å². The molecule has 0 saturated carbocycles. The van der Waals surface area contributed by atoms with Crippen LogP contribution >= 0.6 is 11.6 Å². The lowest BCUT2D eigenvalue weighted by Crippen LogP contribution is -2.47. The first kappa shape index (κ1) is 20.4. The minimum atomic E-state index is -4.78. The van der Waals surface area contributed by atoms with Crippen molar-refractivity contribution in [3.63, 3.8) is 0 Å². The Balaban J connectivity index is 2.68. The zero-order valence-corrected chi connectivity index (χ0v) is 16.0. The standard InChI is InChI=1S/C17H17ClF3NO3Si/c1-26(2)11-25-16(17(19,20)21,12-3-7-14(18)8-4-12)13-5-9-15(10-6-13)22(23)24/h3-10,26H,11H2,1-2H3. The summed E-state index contributed by atoms with van der Waals surface area (Å²) in [4.78, 5) is 10.2. The van der Waals surface area contributed by atoms with Crippen molar-refractivity contribution in [2.45, 2.75) is 24.9 Å². The van der Waals surface area contributed by atoms with Crippen LogP contribution < -0.4 is 0 Å². The number of non-ortho nitro benzene ring substituents is 1. The van der Waals surface area contributed by atoms with E-state index in [1.807, 2.05) is 13.1 Å². The van der Waals surface area contributed by atoms with E-state index in [0.29, 0.717) is 5.02 Å². The average molecular weight is 404 g/mol. The van der Waals surface area contributed by atoms with Gasteiger partial charge in [-0.25, -0.2) is 0 Å². The Kier molecular flexibility index (Phi) is 6.10. The molecule has 140 valence electrons. The highest BCUT2D eigenvalue weighted by atomic mass is 35.5. The first-order valence-electron chi connectivity index (χ1n) is 7.79. The number of alkyl halides is 3. The van der Waals surface area contributed by atoms with Crippen LogP contribution in [0.3, 0.4) is 0 Å². The number of nitrogens with zero attached hydrogens (tertiary/aromatic N) is 1. The molecule has 0 aliphatic carbocycles. The van der Waals surface area contributed by atoms with Gasteiger partial charge in [0.2, 0.25) is 5.60 Å². The van der Waals surface area contributed by atoms with Gasteiger partial charge in [-0.3, -0.25) is 10.1 Å². The Labute approximate surface area is 155 Å². The van der Waals surface area contributed by atoms with Crippen LogP contribution in [0, 0.1) is 10.1 Å². The maximum atomic E-state index is 14.3. The van der Waals surface area contributed by atoms with Gasteiger partial charge in [0.15, 0.2) is 0 Å². The molecule has 0 radical (unpaired) electrons. The molecule has 0 fully saturated rings. The summed E-state index contributed by atoms with van der Waals surface area (Å²) in [5.74, 6) is 0. The number of nitro groups is 1. The van der Waals surface area contributed by atoms with Crippen molar-refractivity contribution < 1.29 is 22.8 Å². The highest BCUT2D eigenvalue weighted by molar-refractivity contribution is 6.55. The number of benzene rings is 2. The second kappa shape index (κ2) is 7.77. The third kappa shape index (κ3) is 4.08. The van der Waals surface area contributed by atoms with Gasteiger partial charge in [-0.05, 0) is 35.4 Å². The van der Waals surface area contributed by atoms with Crippen LogP contribution in [0.2, 0.25) is 18.1 Å². The number of rotatable bonds is 6. The summed E-state index contributed by atoms with van der Waals surface area (Å²) in [6.07, 6.45) is -4.79. The molecular formula is C17H17ClF3NO3Si. The van der Waals surface area contributed by atoms with E-state index >= 15 is 0 Å². The fraction of sp³-hybridized carbons (Fsp3) is 0.294. The van der Waals surface area contributed by atoms with Gasteiger partial charge in [-0.1, -0.05) is 36.8 Å². The van der Waals surface area contributed by atoms with E-state index in [1.165, 1.54) is 24.3 Å². The maximum absolute atomic E-state index is 14.3. The first-order valence-corrected chi connectivity index (χ1v) is 11.3. The molecule has 4 nitrogen and oxygen atoms in total. The van der Waals surface area contributed by atoms with Crippen LogP contribution in [-0.2, 0) is 10.3 Å². The monoisotopic (exact) mass is 403 g/mol. The number of hydrogen-bond donors (Lipinski definition) is 0. The molecule has 0 bridgehead atoms. The van der Waals surface area contributed by atoms with E-state index in [2.05, 4.69) is 0 Å². The van der Waals surface area contributed by atoms with Gasteiger partial charge in [0.1, 0.15) is 0 Å². The summed E-state index contributed by atoms with van der Waals surface area (Å²) >= 11 is 5.81. The van der Waals surface area contributed by atoms with E-state index in [0.717, 1.165) is 24.3 Å². The minimum Gasteiger partial charge on any atom is -0.360 e. The molecular weight excluding hydrogens is 387 g/mol. The summed E-state index contributed by atoms with van der Waals surface area (Å²) in [6, 6.07) is 9.50. The summed E-state index contributed by atoms with van der Waals surface area (Å²) in [6.45, 7) is 3.75. The number of halogens is 4. The predicted molar refractivity (Wildman–Crippen MR) is 96.2 cm³/mol. The van der Waals surface area contributed by atoms with Crippen LogP contribution in [0.15, 0.2) is 48.5 Å². The molecule has 0 heterocycles. The summed E-state index contributed by atoms with van der Waals surface area (Å²) in [5, 5.41) is 11.1. The summed E-state index contributed by atoms with van der Waals surface area (Å²) in [5.41, 5.74) is -3.35. The quantitative estimate of drug-likeness (QED) is 0.383. The molecule has 9 heteroatoms. The van der Waals surface area contributed by atoms with E-state index in [9.17, 15) is 23.3 Å². The first-order chi connectivity index (χ1) is 12.1. The van der Waals surface area contributed by atoms with Gasteiger partial charge in [0.05, 0.1) is 13.7 Å². The molecule has 1 atom stereocenters. The van der Waals surface area contributed by atoms with Gasteiger partial charge in [0.25, 0.3) is 5.69 Å². The van der Waals surface area contributed by atoms with E-state index in [1.54, 1.807) is 0 Å². The average Bonchev–Trinajstić information content (AvgIpc) is 2.56. The smallest absolute Gasteiger partial charge is 0.360 e. The number of hydrogen-bond acceptors (Lipinski definition) is 3. The SMILES string of the molecule is C[SiH](C)COC(c1ccc(Cl)cc1)(c1ccc([N+](=O)[O-])cc1)C(F)(F)F. The lowest BCUT2D eigenvalue weighted by molar-refractivity contribution is -0.384. The molecule has 0 saturated heterocycles. The van der Waals surface area contributed by atoms with Crippen LogP contribution in [-0.4, -0.2) is 26.1 Å². The normalized spacial score (nSPS) is 14.3. The van der Waals surface area contributed by atoms with Crippen LogP contribution in [0.5, 0.6) is 0 Å². The minimum absolute atomic E-state index is 0.0148. The highest BCUT2D eigenvalue weighted by Gasteiger charge is 2.58. The van der Waals surface area contributed by atoms with Gasteiger partial charge in [-0.15, -0.1) is 0 Å². The Hall–Kier alpha value is -1.90. The van der Waals surface area contributed by atoms with Gasteiger partial charge < -0.3 is 4.74 Å². The maximum Gasteiger partial charge on any atom is 0.425 e. The Morgan fingerprint density at radius 3 is 1.88 bits per heavy atom. The molecule has 0 aliphatic rings. The fourth-order valence-corrected chi connectivity index (χ4v) is 3.25. The molecule has 0 amide bonds. The van der Waals surface area contributed by atoms with Crippen molar-refractivity contribution in [3.05, 3.63) is 74.8 Å². The highest BCUT2D eigenvalue weighted by Crippen LogP contribution is 2.48. The zero-order chi connectivity index (χ0) is 19.5. The molecule has 2 aromatic rings. The van der Waals surface area contributed by atoms with Crippen molar-refractivity contribution >= 4 is 26.1 Å². The van der Waals surface area contributed by atoms with Crippen LogP contribution in [0.25, 0.3) is 0 Å². The van der Waals surface area contributed by atoms with Crippen molar-refractivity contribution in [2.24, 2.45) is 0 Å². The number of nitro benzene ring substituents is 1. The van der Waals surface area contributed by atoms with Gasteiger partial charge in [0, 0.05) is 23.4 Å². The predicted octanol–water partition coefficient (Wildman–Crippen LogP) is 5.10. The van der Waals surface area contributed by atoms with Crippen molar-refractivity contribution in [1.82, 2.24) is 0 Å². The molecule has 2 aromatic carbocycles. The van der Waals surface area contributed by atoms with Crippen LogP contribution in [0.4, 0.5) is 18.9 Å². The second-order valence-corrected chi connectivity index (χ2v) is 9.75. The van der Waals surface area contributed by atoms with E-state index in [4.69, 9.17) is 16.3 Å². The second-order valence-electron chi connectivity index (χ2n) is 6.19. The molecule has 0 aromatic heterocycles. The molecule has 0 aliphatic heterocycles. The summed E-state index contributed by atoms with van der Waals surface area (Å²) < 4.78 is 48.3. The van der Waals surface area contributed by atoms with Crippen molar-refractivity contribution in [1.29, 1.82) is 0 Å². The Bertz CT molecular complexity index is 766. The molecule has 26 heavy (non-hydrogen) atoms. The molecule has 1 unspecified atom stereocenters. The largest absolute Gasteiger partial charge is 0.425 e. The zero-order valence-electron chi connectivity index (χ0n) is 14.1. The lowest BCUT2D eigenvalue weighted by Gasteiger charge is -2.37. The lowest BCUT2D eigenvalue weighted by atomic mass is 9.85. The molecule has 0 N–H and O–H groups in total. The molecule has 2 rings (SSSR count). The summed E-state index contributed by atoms with van der Waals surface area (Å²) in [7, 11) is -1.48. The molecule has 0 spiro atoms. The van der Waals surface area contributed by atoms with Gasteiger partial charge in [-0.2, -0.15) is 13.2 Å². The van der Waals surface area contributed by atoms with E-state index in [-0.39, 0.29) is 23.0 Å². The van der Waals surface area contributed by atoms with Crippen molar-refractivity contribution in [2.75, 3.05) is 6.23 Å². The van der Waals surface area contributed by atoms with Crippen LogP contribution in [0.1, 0.15) is 11.1 Å². The fourth-order valence-electron chi connectivity index (χ4n) is 2.54. The van der Waals surface area contributed by atoms with Gasteiger partial charge >= 0.3 is 6.18 Å². The third-order valence-corrected chi connectivity index (χ3v) is 4.85. The van der Waals surface area contributed by atoms with E-state index < -0.39 is 25.5 Å². The Morgan fingerprint density at radius 1 is 1.04 bits per heavy atom. The third-order valence-electron chi connectivity index (χ3n) is 3.77.